The van der Waals surface area contributed by atoms with Gasteiger partial charge < -0.3 is 4.42 Å². The molecular formula is C24H15BrN2O. The largest absolute Gasteiger partial charge is 0.436 e. The van der Waals surface area contributed by atoms with Gasteiger partial charge in [-0.15, -0.1) is 0 Å². The third kappa shape index (κ3) is 3.66. The number of halogens is 1. The molecule has 0 bridgehead atoms. The molecule has 0 radical (unpaired) electrons. The Morgan fingerprint density at radius 1 is 0.821 bits per heavy atom. The van der Waals surface area contributed by atoms with Crippen LogP contribution in [0.2, 0.25) is 0 Å². The highest BCUT2D eigenvalue weighted by atomic mass is 79.9. The Balaban J connectivity index is 1.87. The number of aliphatic imine (C=N–C) groups is 1. The predicted octanol–water partition coefficient (Wildman–Crippen LogP) is 7.00. The monoisotopic (exact) mass is 426 g/mol. The summed E-state index contributed by atoms with van der Waals surface area (Å²) in [5.41, 5.74) is 3.94. The number of benzene rings is 3. The molecule has 0 saturated heterocycles. The predicted molar refractivity (Wildman–Crippen MR) is 116 cm³/mol. The smallest absolute Gasteiger partial charge is 0.238 e. The maximum absolute atomic E-state index is 9.86. The van der Waals surface area contributed by atoms with Crippen LogP contribution in [0, 0.1) is 11.3 Å². The highest BCUT2D eigenvalue weighted by molar-refractivity contribution is 9.10. The molecule has 4 aromatic rings. The van der Waals surface area contributed by atoms with Crippen molar-refractivity contribution in [1.82, 2.24) is 0 Å². The molecule has 0 spiro atoms. The average molecular weight is 427 g/mol. The summed E-state index contributed by atoms with van der Waals surface area (Å²) < 4.78 is 7.09. The van der Waals surface area contributed by atoms with Crippen LogP contribution in [0.5, 0.6) is 0 Å². The van der Waals surface area contributed by atoms with Gasteiger partial charge in [0, 0.05) is 21.8 Å². The molecule has 3 aromatic carbocycles. The third-order valence-corrected chi connectivity index (χ3v) is 4.83. The van der Waals surface area contributed by atoms with E-state index in [9.17, 15) is 5.26 Å². The van der Waals surface area contributed by atoms with E-state index in [1.165, 1.54) is 0 Å². The molecule has 1 aromatic heterocycles. The van der Waals surface area contributed by atoms with Crippen molar-refractivity contribution in [3.8, 4) is 28.5 Å². The van der Waals surface area contributed by atoms with Crippen LogP contribution < -0.4 is 0 Å². The lowest BCUT2D eigenvalue weighted by Gasteiger charge is -2.03. The van der Waals surface area contributed by atoms with E-state index in [0.717, 1.165) is 26.7 Å². The van der Waals surface area contributed by atoms with E-state index in [1.807, 2.05) is 84.9 Å². The van der Waals surface area contributed by atoms with Crippen LogP contribution >= 0.6 is 15.9 Å². The van der Waals surface area contributed by atoms with Crippen molar-refractivity contribution in [3.05, 3.63) is 101 Å². The number of hydrogen-bond donors (Lipinski definition) is 0. The standard InChI is InChI=1S/C24H15BrN2O/c25-20-13-11-17(12-14-20)16-27-24-21(15-26)22(18-7-3-1-4-8-18)23(28-24)19-9-5-2-6-10-19/h1-14,16H/b27-16+. The zero-order valence-corrected chi connectivity index (χ0v) is 16.4. The molecule has 0 N–H and O–H groups in total. The van der Waals surface area contributed by atoms with Crippen molar-refractivity contribution in [2.24, 2.45) is 4.99 Å². The number of rotatable bonds is 4. The molecule has 3 nitrogen and oxygen atoms in total. The Kier molecular flexibility index (Phi) is 5.18. The van der Waals surface area contributed by atoms with Crippen molar-refractivity contribution in [2.45, 2.75) is 0 Å². The van der Waals surface area contributed by atoms with Crippen LogP contribution in [0.1, 0.15) is 11.1 Å². The first-order valence-electron chi connectivity index (χ1n) is 8.73. The van der Waals surface area contributed by atoms with Gasteiger partial charge in [-0.2, -0.15) is 5.26 Å². The number of nitriles is 1. The maximum Gasteiger partial charge on any atom is 0.238 e. The van der Waals surface area contributed by atoms with Gasteiger partial charge >= 0.3 is 0 Å². The molecule has 1 heterocycles. The Hall–Kier alpha value is -3.42. The Morgan fingerprint density at radius 3 is 2.04 bits per heavy atom. The van der Waals surface area contributed by atoms with Gasteiger partial charge in [-0.25, -0.2) is 4.99 Å². The van der Waals surface area contributed by atoms with E-state index in [-0.39, 0.29) is 0 Å². The van der Waals surface area contributed by atoms with E-state index in [2.05, 4.69) is 27.0 Å². The molecule has 0 aliphatic rings. The molecule has 134 valence electrons. The molecule has 0 aliphatic heterocycles. The van der Waals surface area contributed by atoms with Gasteiger partial charge in [0.2, 0.25) is 5.88 Å². The molecule has 0 amide bonds. The summed E-state index contributed by atoms with van der Waals surface area (Å²) in [5.74, 6) is 0.953. The van der Waals surface area contributed by atoms with Crippen LogP contribution in [0.4, 0.5) is 5.88 Å². The Labute approximate surface area is 171 Å². The quantitative estimate of drug-likeness (QED) is 0.329. The summed E-state index contributed by atoms with van der Waals surface area (Å²) in [6, 6.07) is 29.6. The van der Waals surface area contributed by atoms with Crippen LogP contribution in [0.25, 0.3) is 22.5 Å². The minimum absolute atomic E-state index is 0.308. The lowest BCUT2D eigenvalue weighted by atomic mass is 9.98. The second-order valence-corrected chi connectivity index (χ2v) is 7.06. The summed E-state index contributed by atoms with van der Waals surface area (Å²) in [4.78, 5) is 4.48. The fourth-order valence-corrected chi connectivity index (χ4v) is 3.23. The molecule has 0 unspecified atom stereocenters. The maximum atomic E-state index is 9.86. The zero-order valence-electron chi connectivity index (χ0n) is 14.8. The van der Waals surface area contributed by atoms with Crippen molar-refractivity contribution in [3.63, 3.8) is 0 Å². The zero-order chi connectivity index (χ0) is 19.3. The fraction of sp³-hybridized carbons (Fsp3) is 0. The topological polar surface area (TPSA) is 49.3 Å². The van der Waals surface area contributed by atoms with Crippen LogP contribution in [-0.2, 0) is 0 Å². The van der Waals surface area contributed by atoms with Gasteiger partial charge in [0.25, 0.3) is 0 Å². The summed E-state index contributed by atoms with van der Waals surface area (Å²) >= 11 is 3.42. The van der Waals surface area contributed by atoms with Gasteiger partial charge in [-0.3, -0.25) is 0 Å². The van der Waals surface area contributed by atoms with Gasteiger partial charge in [0.1, 0.15) is 17.4 Å². The van der Waals surface area contributed by atoms with Crippen molar-refractivity contribution in [2.75, 3.05) is 0 Å². The van der Waals surface area contributed by atoms with Crippen LogP contribution in [0.15, 0.2) is 98.8 Å². The van der Waals surface area contributed by atoms with Gasteiger partial charge in [0.05, 0.1) is 0 Å². The number of hydrogen-bond acceptors (Lipinski definition) is 3. The van der Waals surface area contributed by atoms with Crippen LogP contribution in [-0.4, -0.2) is 6.21 Å². The van der Waals surface area contributed by atoms with E-state index < -0.39 is 0 Å². The molecule has 4 heteroatoms. The molecule has 0 aliphatic carbocycles. The normalized spacial score (nSPS) is 10.9. The fourth-order valence-electron chi connectivity index (χ4n) is 2.97. The molecule has 28 heavy (non-hydrogen) atoms. The highest BCUT2D eigenvalue weighted by Crippen LogP contribution is 2.42. The van der Waals surface area contributed by atoms with Crippen LogP contribution in [0.3, 0.4) is 0 Å². The second-order valence-electron chi connectivity index (χ2n) is 6.14. The number of furan rings is 1. The van der Waals surface area contributed by atoms with E-state index in [4.69, 9.17) is 4.42 Å². The van der Waals surface area contributed by atoms with Crippen molar-refractivity contribution in [1.29, 1.82) is 5.26 Å². The van der Waals surface area contributed by atoms with Gasteiger partial charge in [-0.1, -0.05) is 88.7 Å². The molecule has 0 atom stereocenters. The first-order valence-corrected chi connectivity index (χ1v) is 9.53. The summed E-state index contributed by atoms with van der Waals surface area (Å²) in [7, 11) is 0. The minimum atomic E-state index is 0.308. The molecule has 0 fully saturated rings. The van der Waals surface area contributed by atoms with E-state index in [1.54, 1.807) is 6.21 Å². The minimum Gasteiger partial charge on any atom is -0.436 e. The first kappa shape index (κ1) is 18.0. The molecular weight excluding hydrogens is 412 g/mol. The van der Waals surface area contributed by atoms with Gasteiger partial charge in [0.15, 0.2) is 0 Å². The van der Waals surface area contributed by atoms with E-state index in [0.29, 0.717) is 17.2 Å². The Bertz CT molecular complexity index is 1160. The summed E-state index contributed by atoms with van der Waals surface area (Å²) in [6.07, 6.45) is 1.70. The third-order valence-electron chi connectivity index (χ3n) is 4.30. The number of nitrogens with zero attached hydrogens (tertiary/aromatic N) is 2. The lowest BCUT2D eigenvalue weighted by molar-refractivity contribution is 0.593. The van der Waals surface area contributed by atoms with E-state index >= 15 is 0 Å². The second kappa shape index (κ2) is 8.08. The Morgan fingerprint density at radius 2 is 1.43 bits per heavy atom. The summed E-state index contributed by atoms with van der Waals surface area (Å²) in [5, 5.41) is 9.86. The van der Waals surface area contributed by atoms with Gasteiger partial charge in [-0.05, 0) is 23.3 Å². The van der Waals surface area contributed by atoms with Crippen molar-refractivity contribution >= 4 is 28.0 Å². The van der Waals surface area contributed by atoms with Crippen molar-refractivity contribution < 1.29 is 4.42 Å². The average Bonchev–Trinajstić information content (AvgIpc) is 3.13. The molecule has 0 saturated carbocycles. The summed E-state index contributed by atoms with van der Waals surface area (Å²) in [6.45, 7) is 0. The SMILES string of the molecule is N#Cc1c(/N=C/c2ccc(Br)cc2)oc(-c2ccccc2)c1-c1ccccc1. The highest BCUT2D eigenvalue weighted by Gasteiger charge is 2.22. The molecule has 4 rings (SSSR count). The first-order chi connectivity index (χ1) is 13.8. The lowest BCUT2D eigenvalue weighted by Crippen LogP contribution is -1.83.